The van der Waals surface area contributed by atoms with E-state index in [1.54, 1.807) is 0 Å². The van der Waals surface area contributed by atoms with Gasteiger partial charge in [-0.2, -0.15) is 0 Å². The van der Waals surface area contributed by atoms with Crippen molar-refractivity contribution >= 4 is 23.1 Å². The maximum absolute atomic E-state index is 5.59. The molecule has 0 spiro atoms. The second kappa shape index (κ2) is 7.58. The lowest BCUT2D eigenvalue weighted by molar-refractivity contribution is 0.108. The molecular formula is C18H28N4S. The predicted octanol–water partition coefficient (Wildman–Crippen LogP) is 3.35. The minimum atomic E-state index is 0.811. The van der Waals surface area contributed by atoms with Gasteiger partial charge in [0.25, 0.3) is 0 Å². The van der Waals surface area contributed by atoms with Crippen molar-refractivity contribution in [3.05, 3.63) is 23.4 Å². The topological polar surface area (TPSA) is 31.4 Å². The van der Waals surface area contributed by atoms with E-state index in [2.05, 4.69) is 39.2 Å². The molecule has 0 atom stereocenters. The van der Waals surface area contributed by atoms with Gasteiger partial charge in [-0.3, -0.25) is 4.90 Å². The molecule has 1 N–H and O–H groups in total. The van der Waals surface area contributed by atoms with Crippen LogP contribution in [0.3, 0.4) is 0 Å². The number of aromatic nitrogens is 1. The van der Waals surface area contributed by atoms with E-state index in [1.807, 2.05) is 6.92 Å². The number of thiocarbonyl (C=S) groups is 1. The summed E-state index contributed by atoms with van der Waals surface area (Å²) in [5, 5.41) is 4.13. The van der Waals surface area contributed by atoms with Gasteiger partial charge in [0.15, 0.2) is 5.11 Å². The molecule has 5 heteroatoms. The van der Waals surface area contributed by atoms with E-state index in [0.29, 0.717) is 0 Å². The molecule has 3 rings (SSSR count). The van der Waals surface area contributed by atoms with E-state index in [0.717, 1.165) is 48.8 Å². The summed E-state index contributed by atoms with van der Waals surface area (Å²) in [5.74, 6) is 0.863. The fourth-order valence-electron chi connectivity index (χ4n) is 3.83. The van der Waals surface area contributed by atoms with Crippen molar-refractivity contribution < 1.29 is 0 Å². The molecular weight excluding hydrogens is 304 g/mol. The summed E-state index contributed by atoms with van der Waals surface area (Å²) in [6.45, 7) is 8.41. The van der Waals surface area contributed by atoms with Crippen LogP contribution in [0.2, 0.25) is 0 Å². The summed E-state index contributed by atoms with van der Waals surface area (Å²) < 4.78 is 0. The van der Waals surface area contributed by atoms with Crippen molar-refractivity contribution in [1.82, 2.24) is 14.8 Å². The van der Waals surface area contributed by atoms with Gasteiger partial charge in [0.05, 0.1) is 0 Å². The van der Waals surface area contributed by atoms with Gasteiger partial charge in [0, 0.05) is 37.9 Å². The fraction of sp³-hybridized carbons (Fsp3) is 0.667. The molecule has 23 heavy (non-hydrogen) atoms. The Hall–Kier alpha value is -1.20. The highest BCUT2D eigenvalue weighted by atomic mass is 32.1. The Morgan fingerprint density at radius 1 is 1.09 bits per heavy atom. The lowest BCUT2D eigenvalue weighted by Crippen LogP contribution is -2.53. The van der Waals surface area contributed by atoms with Crippen LogP contribution in [0.4, 0.5) is 5.82 Å². The molecule has 2 heterocycles. The zero-order valence-electron chi connectivity index (χ0n) is 14.3. The molecule has 1 aliphatic heterocycles. The Morgan fingerprint density at radius 3 is 2.43 bits per heavy atom. The minimum Gasteiger partial charge on any atom is -0.346 e. The van der Waals surface area contributed by atoms with Crippen LogP contribution in [-0.2, 0) is 0 Å². The quantitative estimate of drug-likeness (QED) is 0.840. The number of pyridine rings is 1. The Morgan fingerprint density at radius 2 is 1.78 bits per heavy atom. The van der Waals surface area contributed by atoms with Crippen LogP contribution in [0.15, 0.2) is 12.1 Å². The monoisotopic (exact) mass is 332 g/mol. The summed E-state index contributed by atoms with van der Waals surface area (Å²) in [6.07, 6.45) is 7.00. The van der Waals surface area contributed by atoms with E-state index in [9.17, 15) is 0 Å². The number of nitrogens with zero attached hydrogens (tertiary/aromatic N) is 3. The number of piperazine rings is 1. The third-order valence-corrected chi connectivity index (χ3v) is 5.39. The van der Waals surface area contributed by atoms with Crippen LogP contribution < -0.4 is 5.32 Å². The standard InChI is InChI=1S/C18H28N4S/c1-14-12-15(2)19-17(13-14)20-18(23)22-10-8-21(9-11-22)16-6-4-3-5-7-16/h12-13,16H,3-11H2,1-2H3,(H,19,20,23). The Balaban J connectivity index is 1.51. The van der Waals surface area contributed by atoms with Crippen molar-refractivity contribution in [3.63, 3.8) is 0 Å². The average Bonchev–Trinajstić information content (AvgIpc) is 2.55. The molecule has 0 bridgehead atoms. The lowest BCUT2D eigenvalue weighted by Gasteiger charge is -2.41. The van der Waals surface area contributed by atoms with Crippen molar-refractivity contribution in [1.29, 1.82) is 0 Å². The van der Waals surface area contributed by atoms with Gasteiger partial charge in [0.2, 0.25) is 0 Å². The molecule has 0 radical (unpaired) electrons. The third-order valence-electron chi connectivity index (χ3n) is 5.03. The van der Waals surface area contributed by atoms with Gasteiger partial charge >= 0.3 is 0 Å². The predicted molar refractivity (Wildman–Crippen MR) is 100.0 cm³/mol. The Labute approximate surface area is 145 Å². The van der Waals surface area contributed by atoms with E-state index >= 15 is 0 Å². The van der Waals surface area contributed by atoms with Crippen molar-refractivity contribution in [2.45, 2.75) is 52.0 Å². The van der Waals surface area contributed by atoms with Gasteiger partial charge < -0.3 is 10.2 Å². The van der Waals surface area contributed by atoms with Crippen LogP contribution in [0, 0.1) is 13.8 Å². The smallest absolute Gasteiger partial charge is 0.174 e. The molecule has 0 aromatic carbocycles. The fourth-order valence-corrected chi connectivity index (χ4v) is 4.12. The first-order chi connectivity index (χ1) is 11.1. The Kier molecular flexibility index (Phi) is 5.49. The van der Waals surface area contributed by atoms with E-state index in [4.69, 9.17) is 12.2 Å². The first kappa shape index (κ1) is 16.7. The van der Waals surface area contributed by atoms with E-state index in [1.165, 1.54) is 37.7 Å². The van der Waals surface area contributed by atoms with E-state index < -0.39 is 0 Å². The van der Waals surface area contributed by atoms with E-state index in [-0.39, 0.29) is 0 Å². The van der Waals surface area contributed by atoms with Crippen LogP contribution in [0.25, 0.3) is 0 Å². The summed E-state index contributed by atoms with van der Waals surface area (Å²) in [6, 6.07) is 4.95. The zero-order valence-corrected chi connectivity index (χ0v) is 15.2. The highest BCUT2D eigenvalue weighted by Crippen LogP contribution is 2.23. The highest BCUT2D eigenvalue weighted by Gasteiger charge is 2.26. The first-order valence-corrected chi connectivity index (χ1v) is 9.28. The lowest BCUT2D eigenvalue weighted by atomic mass is 9.94. The van der Waals surface area contributed by atoms with Crippen LogP contribution in [0.5, 0.6) is 0 Å². The van der Waals surface area contributed by atoms with Crippen LogP contribution in [0.1, 0.15) is 43.4 Å². The number of nitrogens with one attached hydrogen (secondary N) is 1. The second-order valence-corrected chi connectivity index (χ2v) is 7.30. The molecule has 0 unspecified atom stereocenters. The normalized spacial score (nSPS) is 20.5. The summed E-state index contributed by atoms with van der Waals surface area (Å²) in [4.78, 5) is 9.48. The molecule has 4 nitrogen and oxygen atoms in total. The molecule has 2 fully saturated rings. The van der Waals surface area contributed by atoms with Gasteiger partial charge in [0.1, 0.15) is 5.82 Å². The van der Waals surface area contributed by atoms with Gasteiger partial charge in [-0.25, -0.2) is 4.98 Å². The maximum Gasteiger partial charge on any atom is 0.174 e. The number of hydrogen-bond acceptors (Lipinski definition) is 3. The molecule has 126 valence electrons. The minimum absolute atomic E-state index is 0.811. The van der Waals surface area contributed by atoms with Crippen LogP contribution >= 0.6 is 12.2 Å². The number of rotatable bonds is 2. The van der Waals surface area contributed by atoms with Crippen molar-refractivity contribution in [3.8, 4) is 0 Å². The van der Waals surface area contributed by atoms with Gasteiger partial charge in [-0.05, 0) is 56.6 Å². The highest BCUT2D eigenvalue weighted by molar-refractivity contribution is 7.80. The van der Waals surface area contributed by atoms with Crippen molar-refractivity contribution in [2.24, 2.45) is 0 Å². The molecule has 1 saturated heterocycles. The molecule has 1 aromatic heterocycles. The average molecular weight is 333 g/mol. The summed E-state index contributed by atoms with van der Waals surface area (Å²) >= 11 is 5.59. The molecule has 2 aliphatic rings. The van der Waals surface area contributed by atoms with Gasteiger partial charge in [-0.15, -0.1) is 0 Å². The Bertz CT molecular complexity index is 526. The summed E-state index contributed by atoms with van der Waals surface area (Å²) in [7, 11) is 0. The second-order valence-electron chi connectivity index (χ2n) is 6.92. The third kappa shape index (κ3) is 4.42. The van der Waals surface area contributed by atoms with Crippen LogP contribution in [-0.4, -0.2) is 52.1 Å². The zero-order chi connectivity index (χ0) is 16.2. The SMILES string of the molecule is Cc1cc(C)nc(NC(=S)N2CCN(C3CCCCC3)CC2)c1. The molecule has 1 saturated carbocycles. The maximum atomic E-state index is 5.59. The number of aryl methyl sites for hydroxylation is 2. The van der Waals surface area contributed by atoms with Gasteiger partial charge in [-0.1, -0.05) is 19.3 Å². The summed E-state index contributed by atoms with van der Waals surface area (Å²) in [5.41, 5.74) is 2.24. The molecule has 1 aromatic rings. The largest absolute Gasteiger partial charge is 0.346 e. The number of hydrogen-bond donors (Lipinski definition) is 1. The molecule has 1 aliphatic carbocycles. The van der Waals surface area contributed by atoms with Crippen molar-refractivity contribution in [2.75, 3.05) is 31.5 Å². The number of anilines is 1. The first-order valence-electron chi connectivity index (χ1n) is 8.87. The molecule has 0 amide bonds.